The molecular weight excluding hydrogens is 428 g/mol. The van der Waals surface area contributed by atoms with Crippen molar-refractivity contribution in [3.63, 3.8) is 0 Å². The van der Waals surface area contributed by atoms with E-state index in [4.69, 9.17) is 25.8 Å². The molecule has 32 heavy (non-hydrogen) atoms. The lowest BCUT2D eigenvalue weighted by Crippen LogP contribution is -2.39. The molecule has 0 saturated heterocycles. The summed E-state index contributed by atoms with van der Waals surface area (Å²) in [6.45, 7) is 10.2. The van der Waals surface area contributed by atoms with Gasteiger partial charge in [0.05, 0.1) is 12.7 Å². The van der Waals surface area contributed by atoms with Gasteiger partial charge < -0.3 is 19.5 Å². The number of benzene rings is 2. The molecule has 0 radical (unpaired) electrons. The molecule has 0 unspecified atom stereocenters. The highest BCUT2D eigenvalue weighted by molar-refractivity contribution is 6.30. The smallest absolute Gasteiger partial charge is 0.255 e. The second kappa shape index (κ2) is 10.7. The van der Waals surface area contributed by atoms with Gasteiger partial charge in [-0.2, -0.15) is 0 Å². The lowest BCUT2D eigenvalue weighted by Gasteiger charge is -2.30. The van der Waals surface area contributed by atoms with E-state index < -0.39 is 0 Å². The summed E-state index contributed by atoms with van der Waals surface area (Å²) in [5.74, 6) is 1.68. The normalized spacial score (nSPS) is 13.0. The first-order chi connectivity index (χ1) is 15.3. The van der Waals surface area contributed by atoms with Crippen LogP contribution in [0.4, 0.5) is 5.69 Å². The van der Waals surface area contributed by atoms with Crippen molar-refractivity contribution in [2.45, 2.75) is 39.8 Å². The van der Waals surface area contributed by atoms with E-state index in [1.807, 2.05) is 0 Å². The molecule has 6 nitrogen and oxygen atoms in total. The number of methoxy groups -OCH3 is 1. The Morgan fingerprint density at radius 1 is 1.12 bits per heavy atom. The van der Waals surface area contributed by atoms with Crippen molar-refractivity contribution in [3.05, 3.63) is 52.6 Å². The summed E-state index contributed by atoms with van der Waals surface area (Å²) in [5, 5.41) is 3.51. The van der Waals surface area contributed by atoms with Crippen molar-refractivity contribution in [1.29, 1.82) is 0 Å². The van der Waals surface area contributed by atoms with Gasteiger partial charge in [-0.3, -0.25) is 9.69 Å². The lowest BCUT2D eigenvalue weighted by atomic mass is 10.1. The molecule has 1 aliphatic heterocycles. The quantitative estimate of drug-likeness (QED) is 0.555. The molecule has 3 rings (SSSR count). The third kappa shape index (κ3) is 5.96. The Kier molecular flexibility index (Phi) is 8.04. The van der Waals surface area contributed by atoms with Gasteiger partial charge in [-0.15, -0.1) is 0 Å². The fraction of sp³-hybridized carbons (Fsp3) is 0.400. The number of anilines is 1. The van der Waals surface area contributed by atoms with E-state index in [1.165, 1.54) is 0 Å². The molecule has 2 aromatic rings. The fourth-order valence-electron chi connectivity index (χ4n) is 3.73. The van der Waals surface area contributed by atoms with Crippen molar-refractivity contribution >= 4 is 29.3 Å². The molecular formula is C25H31ClN2O4. The zero-order chi connectivity index (χ0) is 23.3. The van der Waals surface area contributed by atoms with Gasteiger partial charge >= 0.3 is 0 Å². The number of carbonyl (C=O) groups excluding carboxylic acids is 1. The van der Waals surface area contributed by atoms with Crippen molar-refractivity contribution in [3.8, 4) is 17.2 Å². The molecule has 1 amide bonds. The highest BCUT2D eigenvalue weighted by Crippen LogP contribution is 2.32. The number of amides is 1. The monoisotopic (exact) mass is 458 g/mol. The summed E-state index contributed by atoms with van der Waals surface area (Å²) in [6, 6.07) is 11.5. The predicted molar refractivity (Wildman–Crippen MR) is 129 cm³/mol. The first kappa shape index (κ1) is 24.0. The van der Waals surface area contributed by atoms with Gasteiger partial charge in [0, 0.05) is 41.0 Å². The number of halogens is 1. The molecule has 0 bridgehead atoms. The van der Waals surface area contributed by atoms with Crippen LogP contribution in [0, 0.1) is 0 Å². The molecule has 0 atom stereocenters. The second-order valence-corrected chi connectivity index (χ2v) is 8.67. The zero-order valence-electron chi connectivity index (χ0n) is 19.3. The summed E-state index contributed by atoms with van der Waals surface area (Å²) in [5.41, 5.74) is 1.92. The Hall–Kier alpha value is -2.70. The molecule has 2 aromatic carbocycles. The van der Waals surface area contributed by atoms with Crippen molar-refractivity contribution < 1.29 is 19.0 Å². The second-order valence-electron chi connectivity index (χ2n) is 8.23. The largest absolute Gasteiger partial charge is 0.493 e. The maximum Gasteiger partial charge on any atom is 0.255 e. The third-order valence-electron chi connectivity index (χ3n) is 5.33. The number of hydrogen-bond donors (Lipinski definition) is 1. The van der Waals surface area contributed by atoms with E-state index in [9.17, 15) is 4.79 Å². The van der Waals surface area contributed by atoms with Crippen LogP contribution in [0.15, 0.2) is 42.0 Å². The van der Waals surface area contributed by atoms with E-state index in [0.29, 0.717) is 52.2 Å². The van der Waals surface area contributed by atoms with Gasteiger partial charge in [0.25, 0.3) is 5.91 Å². The summed E-state index contributed by atoms with van der Waals surface area (Å²) in [7, 11) is 1.60. The Bertz CT molecular complexity index is 980. The molecule has 0 fully saturated rings. The zero-order valence-corrected chi connectivity index (χ0v) is 20.0. The molecule has 0 saturated carbocycles. The molecule has 1 aliphatic rings. The minimum atomic E-state index is -0.238. The predicted octanol–water partition coefficient (Wildman–Crippen LogP) is 5.26. The first-order valence-electron chi connectivity index (χ1n) is 10.8. The number of hydrogen-bond acceptors (Lipinski definition) is 5. The highest BCUT2D eigenvalue weighted by atomic mass is 35.5. The van der Waals surface area contributed by atoms with E-state index >= 15 is 0 Å². The van der Waals surface area contributed by atoms with Gasteiger partial charge in [-0.25, -0.2) is 0 Å². The summed E-state index contributed by atoms with van der Waals surface area (Å²) in [6.07, 6.45) is 1.80. The van der Waals surface area contributed by atoms with Crippen molar-refractivity contribution in [1.82, 2.24) is 4.90 Å². The number of nitrogens with zero attached hydrogens (tertiary/aromatic N) is 1. The van der Waals surface area contributed by atoms with Crippen LogP contribution in [0.5, 0.6) is 17.2 Å². The van der Waals surface area contributed by atoms with Crippen LogP contribution >= 0.6 is 11.6 Å². The summed E-state index contributed by atoms with van der Waals surface area (Å²) >= 11 is 6.06. The lowest BCUT2D eigenvalue weighted by molar-refractivity contribution is -0.113. The average molecular weight is 459 g/mol. The molecule has 1 heterocycles. The average Bonchev–Trinajstić information content (AvgIpc) is 2.75. The van der Waals surface area contributed by atoms with E-state index in [1.54, 1.807) is 49.6 Å². The minimum Gasteiger partial charge on any atom is -0.493 e. The van der Waals surface area contributed by atoms with Gasteiger partial charge in [0.15, 0.2) is 11.5 Å². The number of nitrogens with one attached hydrogen (secondary N) is 1. The van der Waals surface area contributed by atoms with Gasteiger partial charge in [0.2, 0.25) is 0 Å². The SMILES string of the molecule is COc1ccc(NC(=O)C2=Cc3cc(Cl)ccc3OC2)cc1OCCN(C(C)C)C(C)C. The van der Waals surface area contributed by atoms with Crippen LogP contribution in [0.2, 0.25) is 5.02 Å². The van der Waals surface area contributed by atoms with E-state index in [-0.39, 0.29) is 12.5 Å². The maximum atomic E-state index is 12.8. The Morgan fingerprint density at radius 2 is 1.88 bits per heavy atom. The molecule has 0 spiro atoms. The van der Waals surface area contributed by atoms with Gasteiger partial charge in [-0.05, 0) is 64.1 Å². The number of fused-ring (bicyclic) bond motifs is 1. The number of rotatable bonds is 9. The standard InChI is InChI=1S/C25H31ClN2O4/c1-16(2)28(17(3)4)10-11-31-24-14-21(7-9-23(24)30-5)27-25(29)19-12-18-13-20(26)6-8-22(18)32-15-19/h6-9,12-14,16-17H,10-11,15H2,1-5H3,(H,27,29). The summed E-state index contributed by atoms with van der Waals surface area (Å²) in [4.78, 5) is 15.2. The van der Waals surface area contributed by atoms with E-state index in [2.05, 4.69) is 37.9 Å². The van der Waals surface area contributed by atoms with E-state index in [0.717, 1.165) is 12.1 Å². The van der Waals surface area contributed by atoms with Crippen LogP contribution in [-0.4, -0.2) is 49.8 Å². The highest BCUT2D eigenvalue weighted by Gasteiger charge is 2.19. The van der Waals surface area contributed by atoms with Crippen LogP contribution in [-0.2, 0) is 4.79 Å². The molecule has 7 heteroatoms. The Morgan fingerprint density at radius 3 is 2.56 bits per heavy atom. The third-order valence-corrected chi connectivity index (χ3v) is 5.57. The number of carbonyl (C=O) groups is 1. The number of ether oxygens (including phenoxy) is 3. The molecule has 0 aliphatic carbocycles. The van der Waals surface area contributed by atoms with Crippen LogP contribution in [0.1, 0.15) is 33.3 Å². The van der Waals surface area contributed by atoms with Gasteiger partial charge in [0.1, 0.15) is 19.0 Å². The first-order valence-corrected chi connectivity index (χ1v) is 11.2. The van der Waals surface area contributed by atoms with Crippen LogP contribution in [0.3, 0.4) is 0 Å². The molecule has 1 N–H and O–H groups in total. The fourth-order valence-corrected chi connectivity index (χ4v) is 3.91. The molecule has 0 aromatic heterocycles. The molecule has 172 valence electrons. The Labute approximate surface area is 195 Å². The Balaban J connectivity index is 1.69. The van der Waals surface area contributed by atoms with Crippen molar-refractivity contribution in [2.24, 2.45) is 0 Å². The van der Waals surface area contributed by atoms with Gasteiger partial charge in [-0.1, -0.05) is 11.6 Å². The van der Waals surface area contributed by atoms with Crippen LogP contribution < -0.4 is 19.5 Å². The topological polar surface area (TPSA) is 60.0 Å². The van der Waals surface area contributed by atoms with Crippen LogP contribution in [0.25, 0.3) is 6.08 Å². The summed E-state index contributed by atoms with van der Waals surface area (Å²) < 4.78 is 17.1. The maximum absolute atomic E-state index is 12.8. The minimum absolute atomic E-state index is 0.195. The van der Waals surface area contributed by atoms with Crippen molar-refractivity contribution in [2.75, 3.05) is 32.2 Å².